The largest absolute Gasteiger partial charge is 0.458 e. The number of benzene rings is 1. The first kappa shape index (κ1) is 22.2. The number of ether oxygens (including phenoxy) is 1. The fraction of sp³-hybridized carbons (Fsp3) is 0.333. The van der Waals surface area contributed by atoms with Crippen LogP contribution in [0.3, 0.4) is 0 Å². The molecule has 10 heteroatoms. The average molecular weight is 466 g/mol. The van der Waals surface area contributed by atoms with E-state index in [0.29, 0.717) is 28.7 Å². The lowest BCUT2D eigenvalue weighted by atomic mass is 9.86. The highest BCUT2D eigenvalue weighted by Gasteiger charge is 2.45. The number of cyclic esters (lactones) is 1. The number of nitrogens with two attached hydrogens (primary N) is 1. The SMILES string of the molecule is CCc1c2c(nc3cc(F)c(NC(=O)CN)cc13)-c1cc3c(c(=O)n1C2)COC(=O)[C@]3(O)CC. The van der Waals surface area contributed by atoms with E-state index in [1.165, 1.54) is 16.7 Å². The third-order valence-corrected chi connectivity index (χ3v) is 6.71. The Bertz CT molecular complexity index is 1460. The van der Waals surface area contributed by atoms with Gasteiger partial charge in [-0.2, -0.15) is 0 Å². The van der Waals surface area contributed by atoms with Gasteiger partial charge in [0, 0.05) is 22.6 Å². The zero-order valence-electron chi connectivity index (χ0n) is 18.7. The van der Waals surface area contributed by atoms with Gasteiger partial charge in [-0.3, -0.25) is 9.59 Å². The third kappa shape index (κ3) is 2.99. The van der Waals surface area contributed by atoms with E-state index in [1.807, 2.05) is 6.92 Å². The van der Waals surface area contributed by atoms with Crippen LogP contribution in [0, 0.1) is 5.82 Å². The van der Waals surface area contributed by atoms with Gasteiger partial charge in [-0.25, -0.2) is 14.2 Å². The number of aryl methyl sites for hydroxylation is 1. The van der Waals surface area contributed by atoms with Gasteiger partial charge < -0.3 is 25.5 Å². The van der Waals surface area contributed by atoms with E-state index in [0.717, 1.165) is 11.1 Å². The number of aromatic nitrogens is 2. The molecule has 0 fully saturated rings. The molecular formula is C24H23FN4O5. The van der Waals surface area contributed by atoms with Crippen molar-refractivity contribution in [3.8, 4) is 11.4 Å². The summed E-state index contributed by atoms with van der Waals surface area (Å²) in [5, 5.41) is 14.1. The number of carbonyl (C=O) groups is 2. The Morgan fingerprint density at radius 2 is 2.06 bits per heavy atom. The van der Waals surface area contributed by atoms with E-state index in [9.17, 15) is 23.9 Å². The van der Waals surface area contributed by atoms with Crippen LogP contribution >= 0.6 is 0 Å². The Hall–Kier alpha value is -3.63. The summed E-state index contributed by atoms with van der Waals surface area (Å²) in [5.41, 5.74) is 6.50. The maximum atomic E-state index is 14.7. The second-order valence-electron chi connectivity index (χ2n) is 8.48. The van der Waals surface area contributed by atoms with Crippen molar-refractivity contribution in [3.05, 3.63) is 56.6 Å². The summed E-state index contributed by atoms with van der Waals surface area (Å²) in [4.78, 5) is 42.1. The summed E-state index contributed by atoms with van der Waals surface area (Å²) >= 11 is 0. The van der Waals surface area contributed by atoms with Gasteiger partial charge in [0.05, 0.1) is 41.2 Å². The molecule has 0 unspecified atom stereocenters. The number of hydrogen-bond acceptors (Lipinski definition) is 7. The van der Waals surface area contributed by atoms with Crippen molar-refractivity contribution in [2.75, 3.05) is 11.9 Å². The molecule has 4 heterocycles. The Morgan fingerprint density at radius 1 is 1.29 bits per heavy atom. The molecule has 9 nitrogen and oxygen atoms in total. The van der Waals surface area contributed by atoms with Crippen LogP contribution < -0.4 is 16.6 Å². The number of rotatable bonds is 4. The highest BCUT2D eigenvalue weighted by Crippen LogP contribution is 2.40. The second-order valence-corrected chi connectivity index (χ2v) is 8.48. The van der Waals surface area contributed by atoms with Gasteiger partial charge in [-0.05, 0) is 30.5 Å². The number of hydrogen-bond donors (Lipinski definition) is 3. The van der Waals surface area contributed by atoms with Crippen LogP contribution in [0.25, 0.3) is 22.3 Å². The molecule has 4 N–H and O–H groups in total. The highest BCUT2D eigenvalue weighted by atomic mass is 19.1. The van der Waals surface area contributed by atoms with Crippen LogP contribution in [0.15, 0.2) is 23.0 Å². The fourth-order valence-corrected chi connectivity index (χ4v) is 4.88. The number of carbonyl (C=O) groups excluding carboxylic acids is 2. The highest BCUT2D eigenvalue weighted by molar-refractivity contribution is 5.97. The standard InChI is InChI=1S/C24H23FN4O5/c1-3-11-12-5-18(27-20(30)8-26)16(25)7-17(12)28-21-13(11)9-29-19(21)6-15-14(22(29)31)10-34-23(32)24(15,33)4-2/h5-7,33H,3-4,8-10,26H2,1-2H3,(H,27,30)/t24-/m0/s1. The molecule has 176 valence electrons. The molecule has 1 aromatic carbocycles. The first-order valence-electron chi connectivity index (χ1n) is 11.1. The molecule has 2 aliphatic heterocycles. The third-order valence-electron chi connectivity index (χ3n) is 6.71. The zero-order chi connectivity index (χ0) is 24.4. The molecule has 0 aliphatic carbocycles. The Kier molecular flexibility index (Phi) is 5.03. The van der Waals surface area contributed by atoms with Crippen LogP contribution in [0.2, 0.25) is 0 Å². The Balaban J connectivity index is 1.76. The van der Waals surface area contributed by atoms with E-state index in [1.54, 1.807) is 13.0 Å². The molecule has 0 radical (unpaired) electrons. The molecule has 0 bridgehead atoms. The molecule has 1 atom stereocenters. The monoisotopic (exact) mass is 466 g/mol. The lowest BCUT2D eigenvalue weighted by Crippen LogP contribution is -2.44. The second kappa shape index (κ2) is 7.71. The molecule has 2 aliphatic rings. The summed E-state index contributed by atoms with van der Waals surface area (Å²) in [7, 11) is 0. The number of halogens is 1. The van der Waals surface area contributed by atoms with E-state index < -0.39 is 23.3 Å². The number of pyridine rings is 2. The molecule has 2 aromatic heterocycles. The molecule has 0 spiro atoms. The van der Waals surface area contributed by atoms with Gasteiger partial charge >= 0.3 is 5.97 Å². The number of aliphatic hydroxyl groups is 1. The van der Waals surface area contributed by atoms with Gasteiger partial charge in [0.1, 0.15) is 12.4 Å². The van der Waals surface area contributed by atoms with Crippen LogP contribution in [0.1, 0.15) is 42.5 Å². The number of fused-ring (bicyclic) bond motifs is 5. The van der Waals surface area contributed by atoms with Crippen LogP contribution in [-0.4, -0.2) is 33.1 Å². The van der Waals surface area contributed by atoms with Gasteiger partial charge in [0.25, 0.3) is 5.56 Å². The van der Waals surface area contributed by atoms with Crippen molar-refractivity contribution in [2.45, 2.75) is 45.4 Å². The maximum Gasteiger partial charge on any atom is 0.343 e. The summed E-state index contributed by atoms with van der Waals surface area (Å²) < 4.78 is 21.4. The number of amides is 1. The van der Waals surface area contributed by atoms with Crippen molar-refractivity contribution >= 4 is 28.5 Å². The molecule has 0 saturated heterocycles. The minimum atomic E-state index is -1.92. The Morgan fingerprint density at radius 3 is 2.74 bits per heavy atom. The minimum absolute atomic E-state index is 0.00575. The van der Waals surface area contributed by atoms with Gasteiger partial charge in [0.15, 0.2) is 5.60 Å². The lowest BCUT2D eigenvalue weighted by molar-refractivity contribution is -0.172. The number of anilines is 1. The number of nitrogens with one attached hydrogen (secondary N) is 1. The normalized spacial score (nSPS) is 18.3. The Labute approximate surface area is 193 Å². The van der Waals surface area contributed by atoms with E-state index in [2.05, 4.69) is 10.3 Å². The predicted octanol–water partition coefficient (Wildman–Crippen LogP) is 1.68. The number of esters is 1. The maximum absolute atomic E-state index is 14.7. The van der Waals surface area contributed by atoms with Crippen molar-refractivity contribution in [1.29, 1.82) is 0 Å². The molecule has 0 saturated carbocycles. The molecule has 3 aromatic rings. The number of nitrogens with zero attached hydrogens (tertiary/aromatic N) is 2. The van der Waals surface area contributed by atoms with Crippen molar-refractivity contribution in [1.82, 2.24) is 9.55 Å². The molecule has 34 heavy (non-hydrogen) atoms. The first-order valence-corrected chi connectivity index (χ1v) is 11.1. The topological polar surface area (TPSA) is 137 Å². The van der Waals surface area contributed by atoms with E-state index in [-0.39, 0.29) is 48.5 Å². The molecular weight excluding hydrogens is 443 g/mol. The van der Waals surface area contributed by atoms with E-state index >= 15 is 0 Å². The zero-order valence-corrected chi connectivity index (χ0v) is 18.7. The van der Waals surface area contributed by atoms with Crippen molar-refractivity contribution in [2.24, 2.45) is 5.73 Å². The quantitative estimate of drug-likeness (QED) is 0.389. The summed E-state index contributed by atoms with van der Waals surface area (Å²) in [6.45, 7) is 3.33. The molecule has 1 amide bonds. The van der Waals surface area contributed by atoms with Gasteiger partial charge in [-0.1, -0.05) is 13.8 Å². The lowest BCUT2D eigenvalue weighted by Gasteiger charge is -2.31. The summed E-state index contributed by atoms with van der Waals surface area (Å²) in [6.07, 6.45) is 0.614. The van der Waals surface area contributed by atoms with Gasteiger partial charge in [0.2, 0.25) is 5.91 Å². The smallest absolute Gasteiger partial charge is 0.343 e. The predicted molar refractivity (Wildman–Crippen MR) is 122 cm³/mol. The van der Waals surface area contributed by atoms with Gasteiger partial charge in [-0.15, -0.1) is 0 Å². The average Bonchev–Trinajstić information content (AvgIpc) is 3.19. The summed E-state index contributed by atoms with van der Waals surface area (Å²) in [5.74, 6) is -1.97. The van der Waals surface area contributed by atoms with Crippen molar-refractivity contribution < 1.29 is 23.8 Å². The fourth-order valence-electron chi connectivity index (χ4n) is 4.88. The van der Waals surface area contributed by atoms with E-state index in [4.69, 9.17) is 10.5 Å². The van der Waals surface area contributed by atoms with Crippen LogP contribution in [0.4, 0.5) is 10.1 Å². The van der Waals surface area contributed by atoms with Crippen LogP contribution in [-0.2, 0) is 39.5 Å². The summed E-state index contributed by atoms with van der Waals surface area (Å²) in [6, 6.07) is 4.39. The van der Waals surface area contributed by atoms with Crippen molar-refractivity contribution in [3.63, 3.8) is 0 Å². The van der Waals surface area contributed by atoms with Crippen LogP contribution in [0.5, 0.6) is 0 Å². The first-order chi connectivity index (χ1) is 16.2. The minimum Gasteiger partial charge on any atom is -0.458 e. The molecule has 5 rings (SSSR count).